The van der Waals surface area contributed by atoms with E-state index in [1.54, 1.807) is 6.07 Å². The molecule has 0 saturated heterocycles. The molecule has 0 fully saturated rings. The molecule has 3 nitrogen and oxygen atoms in total. The zero-order valence-corrected chi connectivity index (χ0v) is 6.93. The van der Waals surface area contributed by atoms with Crippen molar-refractivity contribution in [1.29, 1.82) is 5.26 Å². The Morgan fingerprint density at radius 1 is 1.91 bits per heavy atom. The van der Waals surface area contributed by atoms with E-state index in [0.717, 1.165) is 0 Å². The number of halogens is 1. The van der Waals surface area contributed by atoms with Crippen LogP contribution in [0.25, 0.3) is 0 Å². The minimum Gasteiger partial charge on any atom is -0.327 e. The average molecular weight is 173 g/mol. The van der Waals surface area contributed by atoms with Crippen molar-refractivity contribution in [2.24, 2.45) is 5.73 Å². The first-order valence-electron chi connectivity index (χ1n) is 3.12. The van der Waals surface area contributed by atoms with E-state index < -0.39 is 5.38 Å². The number of carbonyl (C=O) groups excluding carboxylic acids is 1. The summed E-state index contributed by atoms with van der Waals surface area (Å²) in [5, 5.41) is 7.76. The van der Waals surface area contributed by atoms with Gasteiger partial charge in [0.1, 0.15) is 6.07 Å². The summed E-state index contributed by atoms with van der Waals surface area (Å²) < 4.78 is 0. The highest BCUT2D eigenvalue weighted by atomic mass is 35.5. The van der Waals surface area contributed by atoms with Gasteiger partial charge in [-0.2, -0.15) is 5.26 Å². The number of nitrogens with two attached hydrogens (primary N) is 1. The number of nitriles is 1. The molecule has 0 bridgehead atoms. The zero-order chi connectivity index (χ0) is 8.85. The summed E-state index contributed by atoms with van der Waals surface area (Å²) in [5.74, 6) is -0.375. The summed E-state index contributed by atoms with van der Waals surface area (Å²) in [6.45, 7) is 1.70. The van der Waals surface area contributed by atoms with E-state index in [0.29, 0.717) is 0 Å². The SMILES string of the molecule is CC(Cl)C(=O)C(C#N)=CCN. The molecule has 60 valence electrons. The number of allylic oxidation sites excluding steroid dienone is 1. The van der Waals surface area contributed by atoms with Gasteiger partial charge >= 0.3 is 0 Å². The second-order valence-corrected chi connectivity index (χ2v) is 2.60. The smallest absolute Gasteiger partial charge is 0.190 e. The fraction of sp³-hybridized carbons (Fsp3) is 0.429. The lowest BCUT2D eigenvalue weighted by molar-refractivity contribution is -0.114. The van der Waals surface area contributed by atoms with Crippen LogP contribution in [0.4, 0.5) is 0 Å². The molecule has 2 N–H and O–H groups in total. The first-order valence-corrected chi connectivity index (χ1v) is 3.55. The molecule has 1 atom stereocenters. The molecule has 1 unspecified atom stereocenters. The largest absolute Gasteiger partial charge is 0.327 e. The van der Waals surface area contributed by atoms with Crippen molar-refractivity contribution >= 4 is 17.4 Å². The van der Waals surface area contributed by atoms with E-state index in [1.807, 2.05) is 0 Å². The molecule has 4 heteroatoms. The van der Waals surface area contributed by atoms with Crippen LogP contribution in [0.15, 0.2) is 11.6 Å². The lowest BCUT2D eigenvalue weighted by atomic mass is 10.1. The van der Waals surface area contributed by atoms with Crippen molar-refractivity contribution in [2.45, 2.75) is 12.3 Å². The number of hydrogen-bond acceptors (Lipinski definition) is 3. The molecule has 0 aliphatic rings. The van der Waals surface area contributed by atoms with Crippen LogP contribution in [0.1, 0.15) is 6.92 Å². The standard InChI is InChI=1S/C7H9ClN2O/c1-5(8)7(11)6(4-10)2-3-9/h2,5H,3,9H2,1H3. The van der Waals surface area contributed by atoms with Gasteiger partial charge < -0.3 is 5.73 Å². The number of carbonyl (C=O) groups is 1. The quantitative estimate of drug-likeness (QED) is 0.385. The van der Waals surface area contributed by atoms with Crippen molar-refractivity contribution in [2.75, 3.05) is 6.54 Å². The minimum atomic E-state index is -0.660. The molecule has 0 aliphatic heterocycles. The Hall–Kier alpha value is -0.850. The molecule has 0 aromatic rings. The van der Waals surface area contributed by atoms with Gasteiger partial charge in [0.25, 0.3) is 0 Å². The van der Waals surface area contributed by atoms with Gasteiger partial charge in [-0.05, 0) is 13.0 Å². The highest BCUT2D eigenvalue weighted by molar-refractivity contribution is 6.34. The van der Waals surface area contributed by atoms with Crippen molar-refractivity contribution in [1.82, 2.24) is 0 Å². The molecule has 0 rings (SSSR count). The molecule has 0 amide bonds. The lowest BCUT2D eigenvalue weighted by Crippen LogP contribution is -2.13. The summed E-state index contributed by atoms with van der Waals surface area (Å²) in [4.78, 5) is 11.0. The first-order chi connectivity index (χ1) is 5.13. The normalized spacial score (nSPS) is 13.8. The molecule has 0 spiro atoms. The maximum Gasteiger partial charge on any atom is 0.190 e. The minimum absolute atomic E-state index is 0.0370. The van der Waals surface area contributed by atoms with Crippen LogP contribution in [0.3, 0.4) is 0 Å². The van der Waals surface area contributed by atoms with Crippen LogP contribution in [0.5, 0.6) is 0 Å². The summed E-state index contributed by atoms with van der Waals surface area (Å²) in [5.41, 5.74) is 5.16. The average Bonchev–Trinajstić information content (AvgIpc) is 1.98. The van der Waals surface area contributed by atoms with E-state index in [1.165, 1.54) is 13.0 Å². The van der Waals surface area contributed by atoms with Gasteiger partial charge in [0.2, 0.25) is 0 Å². The van der Waals surface area contributed by atoms with E-state index >= 15 is 0 Å². The van der Waals surface area contributed by atoms with E-state index in [9.17, 15) is 4.79 Å². The van der Waals surface area contributed by atoms with Gasteiger partial charge in [-0.25, -0.2) is 0 Å². The third kappa shape index (κ3) is 3.17. The number of ketones is 1. The zero-order valence-electron chi connectivity index (χ0n) is 6.17. The fourth-order valence-corrected chi connectivity index (χ4v) is 0.651. The van der Waals surface area contributed by atoms with E-state index in [-0.39, 0.29) is 17.9 Å². The third-order valence-electron chi connectivity index (χ3n) is 1.07. The Morgan fingerprint density at radius 3 is 2.73 bits per heavy atom. The van der Waals surface area contributed by atoms with Crippen molar-refractivity contribution in [3.63, 3.8) is 0 Å². The molecule has 0 radical (unpaired) electrons. The van der Waals surface area contributed by atoms with Crippen LogP contribution in [0, 0.1) is 11.3 Å². The number of hydrogen-bond donors (Lipinski definition) is 1. The van der Waals surface area contributed by atoms with Gasteiger partial charge in [-0.1, -0.05) is 0 Å². The van der Waals surface area contributed by atoms with Gasteiger partial charge in [-0.15, -0.1) is 11.6 Å². The maximum absolute atomic E-state index is 11.0. The first kappa shape index (κ1) is 10.2. The number of Topliss-reactive ketones (excluding diaryl/α,β-unsaturated/α-hetero) is 1. The Morgan fingerprint density at radius 2 is 2.45 bits per heavy atom. The van der Waals surface area contributed by atoms with Crippen LogP contribution in [-0.4, -0.2) is 17.7 Å². The summed E-state index contributed by atoms with van der Waals surface area (Å²) in [6, 6.07) is 1.73. The Bertz CT molecular complexity index is 215. The summed E-state index contributed by atoms with van der Waals surface area (Å²) in [7, 11) is 0. The van der Waals surface area contributed by atoms with E-state index in [2.05, 4.69) is 0 Å². The van der Waals surface area contributed by atoms with Crippen molar-refractivity contribution in [3.8, 4) is 6.07 Å². The molecular formula is C7H9ClN2O. The highest BCUT2D eigenvalue weighted by Gasteiger charge is 2.13. The van der Waals surface area contributed by atoms with Crippen LogP contribution >= 0.6 is 11.6 Å². The topological polar surface area (TPSA) is 66.9 Å². The van der Waals surface area contributed by atoms with Gasteiger partial charge in [-0.3, -0.25) is 4.79 Å². The maximum atomic E-state index is 11.0. The number of alkyl halides is 1. The van der Waals surface area contributed by atoms with Crippen molar-refractivity contribution < 1.29 is 4.79 Å². The molecule has 11 heavy (non-hydrogen) atoms. The van der Waals surface area contributed by atoms with Gasteiger partial charge in [0.15, 0.2) is 5.78 Å². The highest BCUT2D eigenvalue weighted by Crippen LogP contribution is 2.03. The predicted octanol–water partition coefficient (Wildman–Crippen LogP) is 0.591. The number of rotatable bonds is 3. The Labute approximate surface area is 70.4 Å². The third-order valence-corrected chi connectivity index (χ3v) is 1.27. The van der Waals surface area contributed by atoms with Crippen molar-refractivity contribution in [3.05, 3.63) is 11.6 Å². The molecule has 0 aromatic heterocycles. The molecule has 0 aliphatic carbocycles. The van der Waals surface area contributed by atoms with Crippen LogP contribution < -0.4 is 5.73 Å². The summed E-state index contributed by atoms with van der Waals surface area (Å²) in [6.07, 6.45) is 1.36. The molecule has 0 heterocycles. The Balaban J connectivity index is 4.43. The monoisotopic (exact) mass is 172 g/mol. The molecular weight excluding hydrogens is 164 g/mol. The fourth-order valence-electron chi connectivity index (χ4n) is 0.533. The van der Waals surface area contributed by atoms with Crippen LogP contribution in [0.2, 0.25) is 0 Å². The number of nitrogens with zero attached hydrogens (tertiary/aromatic N) is 1. The van der Waals surface area contributed by atoms with Crippen LogP contribution in [-0.2, 0) is 4.79 Å². The summed E-state index contributed by atoms with van der Waals surface area (Å²) >= 11 is 5.46. The molecule has 0 saturated carbocycles. The van der Waals surface area contributed by atoms with E-state index in [4.69, 9.17) is 22.6 Å². The lowest BCUT2D eigenvalue weighted by Gasteiger charge is -1.98. The molecule has 0 aromatic carbocycles. The second kappa shape index (κ2) is 4.89. The Kier molecular flexibility index (Phi) is 4.51. The predicted molar refractivity (Wildman–Crippen MR) is 43.1 cm³/mol. The van der Waals surface area contributed by atoms with Gasteiger partial charge in [0.05, 0.1) is 11.0 Å². The van der Waals surface area contributed by atoms with Gasteiger partial charge in [0, 0.05) is 6.54 Å². The second-order valence-electron chi connectivity index (χ2n) is 1.95.